The number of aliphatic hydroxyl groups excluding tert-OH is 1. The highest BCUT2D eigenvalue weighted by Gasteiger charge is 2.26. The topological polar surface area (TPSA) is 119 Å². The molecule has 0 spiro atoms. The highest BCUT2D eigenvalue weighted by atomic mass is 16.3. The molecule has 0 saturated heterocycles. The molecule has 1 saturated carbocycles. The van der Waals surface area contributed by atoms with Crippen molar-refractivity contribution >= 4 is 17.6 Å². The zero-order valence-corrected chi connectivity index (χ0v) is 19.7. The smallest absolute Gasteiger partial charge is 0.270 e. The summed E-state index contributed by atoms with van der Waals surface area (Å²) in [5.74, 6) is 0.431. The summed E-state index contributed by atoms with van der Waals surface area (Å²) in [5, 5.41) is 19.3. The first-order valence-corrected chi connectivity index (χ1v) is 12.1. The zero-order valence-electron chi connectivity index (χ0n) is 19.7. The van der Waals surface area contributed by atoms with Gasteiger partial charge in [0.2, 0.25) is 5.91 Å². The van der Waals surface area contributed by atoms with E-state index in [9.17, 15) is 14.7 Å². The Labute approximate surface area is 200 Å². The summed E-state index contributed by atoms with van der Waals surface area (Å²) in [6, 6.07) is 10.2. The number of hydrogen-bond donors (Lipinski definition) is 4. The molecule has 0 unspecified atom stereocenters. The van der Waals surface area contributed by atoms with Crippen LogP contribution in [0.4, 0.5) is 5.82 Å². The second-order valence-electron chi connectivity index (χ2n) is 9.21. The Kier molecular flexibility index (Phi) is 8.08. The third-order valence-corrected chi connectivity index (χ3v) is 6.77. The number of fused-ring (bicyclic) bond motifs is 1. The number of nitrogens with one attached hydrogen (secondary N) is 3. The van der Waals surface area contributed by atoms with Gasteiger partial charge in [0.05, 0.1) is 6.10 Å². The number of hydrogen-bond acceptors (Lipinski definition) is 7. The standard InChI is InChI=1S/C25H34N6O3/c1-26-24(33)18-6-8-20(9-7-18)30-23-12-22(28-16-29-23)25(34)27-13-21(32)15-31-11-10-17-4-2-3-5-19(17)14-31/h2-5,12,16,18,20-21,32H,6-11,13-15H2,1H3,(H,26,33)(H,27,34)(H,28,29,30)/t18-,20+,21-/m0/s1. The number of aromatic nitrogens is 2. The Hall–Kier alpha value is -3.04. The van der Waals surface area contributed by atoms with E-state index in [1.165, 1.54) is 17.5 Å². The van der Waals surface area contributed by atoms with Crippen LogP contribution in [0.1, 0.15) is 47.3 Å². The molecule has 2 amide bonds. The lowest BCUT2D eigenvalue weighted by Gasteiger charge is -2.30. The molecule has 34 heavy (non-hydrogen) atoms. The first-order chi connectivity index (χ1) is 16.5. The van der Waals surface area contributed by atoms with Crippen LogP contribution in [-0.4, -0.2) is 70.6 Å². The summed E-state index contributed by atoms with van der Waals surface area (Å²) in [6.45, 7) is 2.37. The second-order valence-corrected chi connectivity index (χ2v) is 9.21. The first-order valence-electron chi connectivity index (χ1n) is 12.1. The molecule has 2 aliphatic rings. The van der Waals surface area contributed by atoms with Crippen LogP contribution in [0, 0.1) is 5.92 Å². The van der Waals surface area contributed by atoms with Crippen LogP contribution in [0.5, 0.6) is 0 Å². The van der Waals surface area contributed by atoms with Crippen molar-refractivity contribution in [3.8, 4) is 0 Å². The van der Waals surface area contributed by atoms with E-state index < -0.39 is 6.10 Å². The fourth-order valence-corrected chi connectivity index (χ4v) is 4.85. The average molecular weight is 467 g/mol. The second kappa shape index (κ2) is 11.4. The molecule has 1 aliphatic heterocycles. The Morgan fingerprint density at radius 1 is 1.15 bits per heavy atom. The van der Waals surface area contributed by atoms with Crippen molar-refractivity contribution in [1.82, 2.24) is 25.5 Å². The van der Waals surface area contributed by atoms with E-state index in [1.807, 2.05) is 6.07 Å². The van der Waals surface area contributed by atoms with Crippen molar-refractivity contribution in [1.29, 1.82) is 0 Å². The maximum Gasteiger partial charge on any atom is 0.270 e. The molecule has 9 heteroatoms. The maximum atomic E-state index is 12.6. The number of carbonyl (C=O) groups is 2. The molecule has 0 bridgehead atoms. The number of anilines is 1. The minimum Gasteiger partial charge on any atom is -0.390 e. The molecule has 2 heterocycles. The predicted molar refractivity (Wildman–Crippen MR) is 129 cm³/mol. The normalized spacial score (nSPS) is 21.2. The van der Waals surface area contributed by atoms with Crippen LogP contribution in [0.2, 0.25) is 0 Å². The van der Waals surface area contributed by atoms with Crippen molar-refractivity contribution < 1.29 is 14.7 Å². The molecule has 1 aromatic carbocycles. The van der Waals surface area contributed by atoms with Gasteiger partial charge in [-0.1, -0.05) is 24.3 Å². The zero-order chi connectivity index (χ0) is 23.9. The van der Waals surface area contributed by atoms with Crippen molar-refractivity contribution in [3.63, 3.8) is 0 Å². The average Bonchev–Trinajstić information content (AvgIpc) is 2.87. The Bertz CT molecular complexity index is 992. The molecule has 1 aromatic heterocycles. The van der Waals surface area contributed by atoms with Gasteiger partial charge in [-0.3, -0.25) is 14.5 Å². The monoisotopic (exact) mass is 466 g/mol. The lowest BCUT2D eigenvalue weighted by Crippen LogP contribution is -2.42. The van der Waals surface area contributed by atoms with Gasteiger partial charge >= 0.3 is 0 Å². The van der Waals surface area contributed by atoms with E-state index in [1.54, 1.807) is 13.1 Å². The fourth-order valence-electron chi connectivity index (χ4n) is 4.85. The third-order valence-electron chi connectivity index (χ3n) is 6.77. The number of β-amino-alcohol motifs (C(OH)–C–C–N with tert-alkyl or cyclic N) is 1. The summed E-state index contributed by atoms with van der Waals surface area (Å²) < 4.78 is 0. The predicted octanol–water partition coefficient (Wildman–Crippen LogP) is 1.34. The van der Waals surface area contributed by atoms with Crippen molar-refractivity contribution in [2.45, 2.75) is 50.8 Å². The van der Waals surface area contributed by atoms with Gasteiger partial charge in [0, 0.05) is 51.3 Å². The molecule has 4 N–H and O–H groups in total. The minimum atomic E-state index is -0.663. The number of benzene rings is 1. The van der Waals surface area contributed by atoms with Gasteiger partial charge in [0.25, 0.3) is 5.91 Å². The van der Waals surface area contributed by atoms with Gasteiger partial charge in [-0.25, -0.2) is 9.97 Å². The molecule has 1 fully saturated rings. The van der Waals surface area contributed by atoms with Crippen LogP contribution < -0.4 is 16.0 Å². The SMILES string of the molecule is CNC(=O)[C@H]1CC[C@@H](Nc2cc(C(=O)NC[C@H](O)CN3CCc4ccccc4C3)ncn2)CC1. The lowest BCUT2D eigenvalue weighted by atomic mass is 9.85. The van der Waals surface area contributed by atoms with E-state index in [-0.39, 0.29) is 36.0 Å². The van der Waals surface area contributed by atoms with Gasteiger partial charge in [-0.2, -0.15) is 0 Å². The Balaban J connectivity index is 1.22. The van der Waals surface area contributed by atoms with Crippen molar-refractivity contribution in [2.24, 2.45) is 5.92 Å². The van der Waals surface area contributed by atoms with Crippen LogP contribution in [0.15, 0.2) is 36.7 Å². The Morgan fingerprint density at radius 3 is 2.68 bits per heavy atom. The molecule has 1 aliphatic carbocycles. The molecular weight excluding hydrogens is 432 g/mol. The van der Waals surface area contributed by atoms with E-state index in [0.29, 0.717) is 12.4 Å². The van der Waals surface area contributed by atoms with Crippen LogP contribution in [-0.2, 0) is 17.8 Å². The summed E-state index contributed by atoms with van der Waals surface area (Å²) in [6.07, 6.45) is 5.08. The fraction of sp³-hybridized carbons (Fsp3) is 0.520. The summed E-state index contributed by atoms with van der Waals surface area (Å²) >= 11 is 0. The van der Waals surface area contributed by atoms with Gasteiger partial charge in [0.15, 0.2) is 0 Å². The number of amides is 2. The third kappa shape index (κ3) is 6.30. The molecule has 4 rings (SSSR count). The Morgan fingerprint density at radius 2 is 1.91 bits per heavy atom. The highest BCUT2D eigenvalue weighted by molar-refractivity contribution is 5.92. The van der Waals surface area contributed by atoms with E-state index in [4.69, 9.17) is 0 Å². The van der Waals surface area contributed by atoms with E-state index >= 15 is 0 Å². The largest absolute Gasteiger partial charge is 0.390 e. The van der Waals surface area contributed by atoms with Crippen molar-refractivity contribution in [2.75, 3.05) is 32.0 Å². The molecule has 182 valence electrons. The van der Waals surface area contributed by atoms with Gasteiger partial charge in [-0.05, 0) is 43.2 Å². The summed E-state index contributed by atoms with van der Waals surface area (Å²) in [7, 11) is 1.67. The minimum absolute atomic E-state index is 0.0703. The van der Waals surface area contributed by atoms with Crippen LogP contribution >= 0.6 is 0 Å². The van der Waals surface area contributed by atoms with Gasteiger partial charge < -0.3 is 21.1 Å². The van der Waals surface area contributed by atoms with E-state index in [0.717, 1.165) is 45.2 Å². The van der Waals surface area contributed by atoms with Gasteiger partial charge in [-0.15, -0.1) is 0 Å². The lowest BCUT2D eigenvalue weighted by molar-refractivity contribution is -0.125. The molecule has 2 aromatic rings. The molecular formula is C25H34N6O3. The molecule has 1 atom stereocenters. The van der Waals surface area contributed by atoms with Crippen molar-refractivity contribution in [3.05, 3.63) is 53.5 Å². The number of aliphatic hydroxyl groups is 1. The maximum absolute atomic E-state index is 12.6. The summed E-state index contributed by atoms with van der Waals surface area (Å²) in [4.78, 5) is 34.9. The van der Waals surface area contributed by atoms with E-state index in [2.05, 4.69) is 49.0 Å². The number of nitrogens with zero attached hydrogens (tertiary/aromatic N) is 3. The molecule has 0 radical (unpaired) electrons. The van der Waals surface area contributed by atoms with Gasteiger partial charge in [0.1, 0.15) is 17.8 Å². The molecule has 9 nitrogen and oxygen atoms in total. The van der Waals surface area contributed by atoms with Crippen LogP contribution in [0.25, 0.3) is 0 Å². The quantitative estimate of drug-likeness (QED) is 0.464. The number of carbonyl (C=O) groups excluding carboxylic acids is 2. The highest BCUT2D eigenvalue weighted by Crippen LogP contribution is 2.26. The number of rotatable bonds is 8. The first kappa shape index (κ1) is 24.1. The van der Waals surface area contributed by atoms with Crippen LogP contribution in [0.3, 0.4) is 0 Å². The summed E-state index contributed by atoms with van der Waals surface area (Å²) in [5.41, 5.74) is 2.93.